The van der Waals surface area contributed by atoms with E-state index >= 15 is 0 Å². The van der Waals surface area contributed by atoms with Crippen LogP contribution in [0.2, 0.25) is 10.3 Å². The third-order valence-corrected chi connectivity index (χ3v) is 3.01. The van der Waals surface area contributed by atoms with Gasteiger partial charge in [-0.2, -0.15) is 15.0 Å². The van der Waals surface area contributed by atoms with Gasteiger partial charge in [0.25, 0.3) is 0 Å². The fraction of sp³-hybridized carbons (Fsp3) is 0.182. The van der Waals surface area contributed by atoms with Gasteiger partial charge in [-0.15, -0.1) is 0 Å². The van der Waals surface area contributed by atoms with Gasteiger partial charge in [-0.1, -0.05) is 27.5 Å². The molecule has 0 fully saturated rings. The number of benzene rings is 1. The summed E-state index contributed by atoms with van der Waals surface area (Å²) < 4.78 is 6.07. The molecule has 1 heterocycles. The summed E-state index contributed by atoms with van der Waals surface area (Å²) >= 11 is 15.2. The molecule has 5 nitrogen and oxygen atoms in total. The molecule has 1 aromatic heterocycles. The van der Waals surface area contributed by atoms with Crippen LogP contribution in [0.15, 0.2) is 22.7 Å². The topological polar surface area (TPSA) is 59.9 Å². The monoisotopic (exact) mass is 362 g/mol. The number of hydrogen-bond acceptors (Lipinski definition) is 5. The fourth-order valence-corrected chi connectivity index (χ4v) is 2.17. The van der Waals surface area contributed by atoms with Gasteiger partial charge >= 0.3 is 6.01 Å². The molecule has 8 heteroatoms. The molecule has 0 aliphatic rings. The molecule has 100 valence electrons. The zero-order valence-corrected chi connectivity index (χ0v) is 12.9. The van der Waals surface area contributed by atoms with E-state index in [9.17, 15) is 0 Å². The van der Waals surface area contributed by atoms with Gasteiger partial charge in [-0.05, 0) is 36.7 Å². The second-order valence-corrected chi connectivity index (χ2v) is 5.05. The molecule has 0 spiro atoms. The lowest BCUT2D eigenvalue weighted by Crippen LogP contribution is -2.04. The quantitative estimate of drug-likeness (QED) is 0.886. The first-order chi connectivity index (χ1) is 9.08. The zero-order valence-electron chi connectivity index (χ0n) is 9.82. The summed E-state index contributed by atoms with van der Waals surface area (Å²) in [4.78, 5) is 11.9. The van der Waals surface area contributed by atoms with Gasteiger partial charge in [0.05, 0.1) is 17.3 Å². The standard InChI is InChI=1S/C11H9BrCl2N4O/c1-2-19-11-17-9(14)16-10(18-11)15-8-4-3-6(12)5-7(8)13/h3-5H,2H2,1H3,(H,15,16,17,18). The molecule has 0 aliphatic carbocycles. The zero-order chi connectivity index (χ0) is 13.8. The van der Waals surface area contributed by atoms with E-state index < -0.39 is 0 Å². The smallest absolute Gasteiger partial charge is 0.322 e. The highest BCUT2D eigenvalue weighted by Crippen LogP contribution is 2.27. The van der Waals surface area contributed by atoms with Crippen molar-refractivity contribution in [3.8, 4) is 6.01 Å². The summed E-state index contributed by atoms with van der Waals surface area (Å²) in [6, 6.07) is 5.57. The molecule has 0 saturated heterocycles. The highest BCUT2D eigenvalue weighted by molar-refractivity contribution is 9.10. The lowest BCUT2D eigenvalue weighted by atomic mass is 10.3. The van der Waals surface area contributed by atoms with Crippen LogP contribution < -0.4 is 10.1 Å². The van der Waals surface area contributed by atoms with E-state index in [1.165, 1.54) is 0 Å². The Balaban J connectivity index is 2.27. The van der Waals surface area contributed by atoms with E-state index in [0.717, 1.165) is 4.47 Å². The molecule has 2 aromatic rings. The van der Waals surface area contributed by atoms with E-state index in [-0.39, 0.29) is 17.2 Å². The van der Waals surface area contributed by atoms with E-state index in [0.29, 0.717) is 17.3 Å². The lowest BCUT2D eigenvalue weighted by Gasteiger charge is -2.08. The van der Waals surface area contributed by atoms with Crippen molar-refractivity contribution in [2.75, 3.05) is 11.9 Å². The number of nitrogens with zero attached hydrogens (tertiary/aromatic N) is 3. The molecule has 1 N–H and O–H groups in total. The van der Waals surface area contributed by atoms with E-state index in [2.05, 4.69) is 36.2 Å². The number of halogens is 3. The van der Waals surface area contributed by atoms with Gasteiger partial charge in [0.2, 0.25) is 11.2 Å². The van der Waals surface area contributed by atoms with Crippen LogP contribution >= 0.6 is 39.1 Å². The average Bonchev–Trinajstić information content (AvgIpc) is 2.32. The summed E-state index contributed by atoms with van der Waals surface area (Å²) in [5, 5.41) is 3.54. The molecule has 0 saturated carbocycles. The minimum Gasteiger partial charge on any atom is -0.464 e. The van der Waals surface area contributed by atoms with Gasteiger partial charge in [0, 0.05) is 4.47 Å². The van der Waals surface area contributed by atoms with E-state index in [1.807, 2.05) is 13.0 Å². The highest BCUT2D eigenvalue weighted by Gasteiger charge is 2.08. The van der Waals surface area contributed by atoms with Gasteiger partial charge in [0.15, 0.2) is 0 Å². The molecule has 2 rings (SSSR count). The minimum atomic E-state index is 0.0502. The molecular formula is C11H9BrCl2N4O. The van der Waals surface area contributed by atoms with Crippen LogP contribution in [0, 0.1) is 0 Å². The molecule has 0 amide bonds. The Labute approximate surface area is 128 Å². The first kappa shape index (κ1) is 14.3. The van der Waals surface area contributed by atoms with Crippen LogP contribution in [0.1, 0.15) is 6.92 Å². The lowest BCUT2D eigenvalue weighted by molar-refractivity contribution is 0.312. The number of anilines is 2. The number of ether oxygens (including phenoxy) is 1. The number of hydrogen-bond donors (Lipinski definition) is 1. The summed E-state index contributed by atoms with van der Waals surface area (Å²) in [6.07, 6.45) is 0. The van der Waals surface area contributed by atoms with Gasteiger partial charge in [0.1, 0.15) is 0 Å². The van der Waals surface area contributed by atoms with Crippen LogP contribution in [0.3, 0.4) is 0 Å². The second-order valence-electron chi connectivity index (χ2n) is 3.39. The molecule has 19 heavy (non-hydrogen) atoms. The van der Waals surface area contributed by atoms with E-state index in [4.69, 9.17) is 27.9 Å². The van der Waals surface area contributed by atoms with Crippen molar-refractivity contribution < 1.29 is 4.74 Å². The van der Waals surface area contributed by atoms with Crippen molar-refractivity contribution in [3.05, 3.63) is 33.0 Å². The van der Waals surface area contributed by atoms with Gasteiger partial charge in [-0.25, -0.2) is 0 Å². The third kappa shape index (κ3) is 3.92. The van der Waals surface area contributed by atoms with E-state index in [1.54, 1.807) is 12.1 Å². The second kappa shape index (κ2) is 6.36. The van der Waals surface area contributed by atoms with Gasteiger partial charge in [-0.3, -0.25) is 0 Å². The Hall–Kier alpha value is -1.11. The Morgan fingerprint density at radius 3 is 2.74 bits per heavy atom. The first-order valence-electron chi connectivity index (χ1n) is 5.35. The minimum absolute atomic E-state index is 0.0502. The van der Waals surface area contributed by atoms with Crippen molar-refractivity contribution in [1.82, 2.24) is 15.0 Å². The number of aromatic nitrogens is 3. The molecule has 0 aliphatic heterocycles. The maximum absolute atomic E-state index is 6.09. The maximum Gasteiger partial charge on any atom is 0.322 e. The van der Waals surface area contributed by atoms with Crippen LogP contribution in [0.4, 0.5) is 11.6 Å². The highest BCUT2D eigenvalue weighted by atomic mass is 79.9. The van der Waals surface area contributed by atoms with Crippen LogP contribution in [-0.4, -0.2) is 21.6 Å². The summed E-state index contributed by atoms with van der Waals surface area (Å²) in [5.74, 6) is 0.271. The maximum atomic E-state index is 6.09. The predicted octanol–water partition coefficient (Wildman–Crippen LogP) is 4.08. The molecule has 0 radical (unpaired) electrons. The molecule has 1 aromatic carbocycles. The molecule has 0 atom stereocenters. The van der Waals surface area contributed by atoms with Crippen molar-refractivity contribution in [3.63, 3.8) is 0 Å². The summed E-state index contributed by atoms with van der Waals surface area (Å²) in [7, 11) is 0. The van der Waals surface area contributed by atoms with Gasteiger partial charge < -0.3 is 10.1 Å². The van der Waals surface area contributed by atoms with Crippen LogP contribution in [-0.2, 0) is 0 Å². The molecular weight excluding hydrogens is 355 g/mol. The summed E-state index contributed by atoms with van der Waals surface area (Å²) in [5.41, 5.74) is 0.662. The Morgan fingerprint density at radius 2 is 2.05 bits per heavy atom. The number of nitrogens with one attached hydrogen (secondary N) is 1. The Bertz CT molecular complexity index is 597. The van der Waals surface area contributed by atoms with Crippen molar-refractivity contribution in [1.29, 1.82) is 0 Å². The predicted molar refractivity (Wildman–Crippen MR) is 78.4 cm³/mol. The normalized spacial score (nSPS) is 10.3. The van der Waals surface area contributed by atoms with Crippen LogP contribution in [0.25, 0.3) is 0 Å². The fourth-order valence-electron chi connectivity index (χ4n) is 1.29. The molecule has 0 bridgehead atoms. The Morgan fingerprint density at radius 1 is 1.26 bits per heavy atom. The van der Waals surface area contributed by atoms with Crippen molar-refractivity contribution in [2.45, 2.75) is 6.92 Å². The molecule has 0 unspecified atom stereocenters. The first-order valence-corrected chi connectivity index (χ1v) is 6.90. The van der Waals surface area contributed by atoms with Crippen molar-refractivity contribution in [2.24, 2.45) is 0 Å². The van der Waals surface area contributed by atoms with Crippen LogP contribution in [0.5, 0.6) is 6.01 Å². The number of rotatable bonds is 4. The Kier molecular flexibility index (Phi) is 4.79. The third-order valence-electron chi connectivity index (χ3n) is 2.04. The summed E-state index contributed by atoms with van der Waals surface area (Å²) in [6.45, 7) is 2.27. The largest absolute Gasteiger partial charge is 0.464 e. The average molecular weight is 364 g/mol. The SMILES string of the molecule is CCOc1nc(Cl)nc(Nc2ccc(Br)cc2Cl)n1. The van der Waals surface area contributed by atoms with Crippen molar-refractivity contribution >= 4 is 50.8 Å².